The SMILES string of the molecule is CCOc1ccc(C(=O)NCC[NH+](C)C)cc1OCC. The maximum atomic E-state index is 12.0. The van der Waals surface area contributed by atoms with Crippen molar-refractivity contribution < 1.29 is 19.2 Å². The van der Waals surface area contributed by atoms with Crippen LogP contribution in [0.5, 0.6) is 11.5 Å². The molecule has 0 fully saturated rings. The minimum absolute atomic E-state index is 0.0877. The topological polar surface area (TPSA) is 52.0 Å². The molecule has 0 heterocycles. The zero-order valence-corrected chi connectivity index (χ0v) is 12.8. The lowest BCUT2D eigenvalue weighted by Crippen LogP contribution is -3.06. The Balaban J connectivity index is 2.74. The number of benzene rings is 1. The predicted octanol–water partition coefficient (Wildman–Crippen LogP) is 0.358. The molecule has 0 saturated carbocycles. The summed E-state index contributed by atoms with van der Waals surface area (Å²) in [5.74, 6) is 1.19. The quantitative estimate of drug-likeness (QED) is 0.723. The largest absolute Gasteiger partial charge is 0.490 e. The number of ether oxygens (including phenoxy) is 2. The highest BCUT2D eigenvalue weighted by Crippen LogP contribution is 2.28. The van der Waals surface area contributed by atoms with Crippen LogP contribution in [0.1, 0.15) is 24.2 Å². The van der Waals surface area contributed by atoms with E-state index < -0.39 is 0 Å². The predicted molar refractivity (Wildman–Crippen MR) is 78.8 cm³/mol. The minimum atomic E-state index is -0.0877. The van der Waals surface area contributed by atoms with Crippen LogP contribution < -0.4 is 19.7 Å². The molecule has 0 saturated heterocycles. The van der Waals surface area contributed by atoms with Crippen molar-refractivity contribution in [2.24, 2.45) is 0 Å². The first-order chi connectivity index (χ1) is 9.58. The molecule has 0 atom stereocenters. The lowest BCUT2D eigenvalue weighted by molar-refractivity contribution is -0.856. The molecule has 1 rings (SSSR count). The van der Waals surface area contributed by atoms with Gasteiger partial charge in [-0.1, -0.05) is 0 Å². The molecule has 0 aliphatic heterocycles. The Bertz CT molecular complexity index is 433. The van der Waals surface area contributed by atoms with Crippen molar-refractivity contribution in [3.8, 4) is 11.5 Å². The second-order valence-corrected chi connectivity index (χ2v) is 4.74. The fourth-order valence-electron chi connectivity index (χ4n) is 1.72. The van der Waals surface area contributed by atoms with Crippen molar-refractivity contribution in [3.63, 3.8) is 0 Å². The summed E-state index contributed by atoms with van der Waals surface area (Å²) in [4.78, 5) is 13.3. The lowest BCUT2D eigenvalue weighted by Gasteiger charge is -2.13. The van der Waals surface area contributed by atoms with Gasteiger partial charge in [0.2, 0.25) is 0 Å². The van der Waals surface area contributed by atoms with Gasteiger partial charge in [-0.25, -0.2) is 0 Å². The Morgan fingerprint density at radius 2 is 1.80 bits per heavy atom. The van der Waals surface area contributed by atoms with Crippen molar-refractivity contribution in [1.29, 1.82) is 0 Å². The second-order valence-electron chi connectivity index (χ2n) is 4.74. The molecular weight excluding hydrogens is 256 g/mol. The van der Waals surface area contributed by atoms with Crippen molar-refractivity contribution in [1.82, 2.24) is 5.32 Å². The van der Waals surface area contributed by atoms with Crippen molar-refractivity contribution >= 4 is 5.91 Å². The molecule has 20 heavy (non-hydrogen) atoms. The van der Waals surface area contributed by atoms with Gasteiger partial charge in [-0.3, -0.25) is 4.79 Å². The summed E-state index contributed by atoms with van der Waals surface area (Å²) in [6, 6.07) is 5.26. The molecule has 0 bridgehead atoms. The number of nitrogens with one attached hydrogen (secondary N) is 2. The molecule has 5 heteroatoms. The van der Waals surface area contributed by atoms with E-state index in [2.05, 4.69) is 19.4 Å². The van der Waals surface area contributed by atoms with E-state index >= 15 is 0 Å². The minimum Gasteiger partial charge on any atom is -0.490 e. The Morgan fingerprint density at radius 3 is 2.40 bits per heavy atom. The molecule has 0 aliphatic rings. The maximum Gasteiger partial charge on any atom is 0.251 e. The summed E-state index contributed by atoms with van der Waals surface area (Å²) in [5, 5.41) is 2.89. The first-order valence-corrected chi connectivity index (χ1v) is 7.05. The number of likely N-dealkylation sites (N-methyl/N-ethyl adjacent to an activating group) is 1. The Kier molecular flexibility index (Phi) is 6.87. The number of carbonyl (C=O) groups is 1. The van der Waals surface area contributed by atoms with Crippen LogP contribution in [-0.4, -0.2) is 46.3 Å². The third-order valence-electron chi connectivity index (χ3n) is 2.72. The second kappa shape index (κ2) is 8.43. The average Bonchev–Trinajstić information content (AvgIpc) is 2.40. The Hall–Kier alpha value is -1.75. The summed E-state index contributed by atoms with van der Waals surface area (Å²) < 4.78 is 11.0. The van der Waals surface area contributed by atoms with Gasteiger partial charge in [0.1, 0.15) is 0 Å². The van der Waals surface area contributed by atoms with E-state index in [1.165, 1.54) is 4.90 Å². The molecule has 5 nitrogen and oxygen atoms in total. The molecule has 0 spiro atoms. The van der Waals surface area contributed by atoms with Gasteiger partial charge in [0.15, 0.2) is 11.5 Å². The molecule has 2 N–H and O–H groups in total. The van der Waals surface area contributed by atoms with Crippen molar-refractivity contribution in [2.75, 3.05) is 40.4 Å². The maximum absolute atomic E-state index is 12.0. The van der Waals surface area contributed by atoms with E-state index in [9.17, 15) is 4.79 Å². The van der Waals surface area contributed by atoms with Crippen LogP contribution in [-0.2, 0) is 0 Å². The van der Waals surface area contributed by atoms with Gasteiger partial charge in [-0.15, -0.1) is 0 Å². The molecule has 0 aliphatic carbocycles. The molecule has 0 unspecified atom stereocenters. The van der Waals surface area contributed by atoms with Gasteiger partial charge in [-0.05, 0) is 32.0 Å². The lowest BCUT2D eigenvalue weighted by atomic mass is 10.2. The average molecular weight is 281 g/mol. The number of hydrogen-bond donors (Lipinski definition) is 2. The number of hydrogen-bond acceptors (Lipinski definition) is 3. The number of carbonyl (C=O) groups excluding carboxylic acids is 1. The number of quaternary nitrogens is 1. The van der Waals surface area contributed by atoms with Gasteiger partial charge in [0.25, 0.3) is 5.91 Å². The molecule has 112 valence electrons. The first kappa shape index (κ1) is 16.3. The highest BCUT2D eigenvalue weighted by atomic mass is 16.5. The van der Waals surface area contributed by atoms with E-state index in [-0.39, 0.29) is 5.91 Å². The van der Waals surface area contributed by atoms with Crippen LogP contribution in [0.15, 0.2) is 18.2 Å². The molecule has 1 aromatic rings. The third kappa shape index (κ3) is 5.09. The fraction of sp³-hybridized carbons (Fsp3) is 0.533. The van der Waals surface area contributed by atoms with Gasteiger partial charge in [-0.2, -0.15) is 0 Å². The van der Waals surface area contributed by atoms with Gasteiger partial charge in [0.05, 0.1) is 40.4 Å². The van der Waals surface area contributed by atoms with Crippen molar-refractivity contribution in [2.45, 2.75) is 13.8 Å². The summed E-state index contributed by atoms with van der Waals surface area (Å²) >= 11 is 0. The highest BCUT2D eigenvalue weighted by molar-refractivity contribution is 5.94. The number of amides is 1. The van der Waals surface area contributed by atoms with Crippen LogP contribution in [0.25, 0.3) is 0 Å². The van der Waals surface area contributed by atoms with E-state index in [1.54, 1.807) is 18.2 Å². The third-order valence-corrected chi connectivity index (χ3v) is 2.72. The normalized spacial score (nSPS) is 10.4. The summed E-state index contributed by atoms with van der Waals surface area (Å²) in [5.41, 5.74) is 0.589. The summed E-state index contributed by atoms with van der Waals surface area (Å²) in [7, 11) is 4.10. The summed E-state index contributed by atoms with van der Waals surface area (Å²) in [6.45, 7) is 6.47. The molecule has 0 radical (unpaired) electrons. The Labute approximate surface area is 120 Å². The van der Waals surface area contributed by atoms with E-state index in [0.717, 1.165) is 6.54 Å². The molecule has 1 amide bonds. The fourth-order valence-corrected chi connectivity index (χ4v) is 1.72. The van der Waals surface area contributed by atoms with E-state index in [1.807, 2.05) is 13.8 Å². The van der Waals surface area contributed by atoms with E-state index in [4.69, 9.17) is 9.47 Å². The molecular formula is C15H25N2O3+. The van der Waals surface area contributed by atoms with Gasteiger partial charge in [0, 0.05) is 5.56 Å². The highest BCUT2D eigenvalue weighted by Gasteiger charge is 2.11. The van der Waals surface area contributed by atoms with Crippen LogP contribution >= 0.6 is 0 Å². The zero-order chi connectivity index (χ0) is 15.0. The molecule has 0 aromatic heterocycles. The monoisotopic (exact) mass is 281 g/mol. The first-order valence-electron chi connectivity index (χ1n) is 7.05. The van der Waals surface area contributed by atoms with Crippen LogP contribution in [0.3, 0.4) is 0 Å². The van der Waals surface area contributed by atoms with Gasteiger partial charge < -0.3 is 19.7 Å². The zero-order valence-electron chi connectivity index (χ0n) is 12.8. The van der Waals surface area contributed by atoms with Gasteiger partial charge >= 0.3 is 0 Å². The van der Waals surface area contributed by atoms with Crippen molar-refractivity contribution in [3.05, 3.63) is 23.8 Å². The smallest absolute Gasteiger partial charge is 0.251 e. The van der Waals surface area contributed by atoms with Crippen LogP contribution in [0, 0.1) is 0 Å². The summed E-state index contributed by atoms with van der Waals surface area (Å²) in [6.07, 6.45) is 0. The van der Waals surface area contributed by atoms with Crippen LogP contribution in [0.2, 0.25) is 0 Å². The number of rotatable bonds is 8. The van der Waals surface area contributed by atoms with E-state index in [0.29, 0.717) is 36.8 Å². The van der Waals surface area contributed by atoms with Crippen LogP contribution in [0.4, 0.5) is 0 Å². The standard InChI is InChI=1S/C15H24N2O3/c1-5-19-13-8-7-12(11-14(13)20-6-2)15(18)16-9-10-17(3)4/h7-8,11H,5-6,9-10H2,1-4H3,(H,16,18)/p+1. The Morgan fingerprint density at radius 1 is 1.15 bits per heavy atom. The molecule has 1 aromatic carbocycles.